The zero-order valence-electron chi connectivity index (χ0n) is 11.1. The second-order valence-electron chi connectivity index (χ2n) is 4.30. The highest BCUT2D eigenvalue weighted by molar-refractivity contribution is 5.82. The molecule has 2 rings (SSSR count). The lowest BCUT2D eigenvalue weighted by Crippen LogP contribution is -2.30. The summed E-state index contributed by atoms with van der Waals surface area (Å²) in [6.07, 6.45) is 0.562. The Hall–Kier alpha value is -2.57. The van der Waals surface area contributed by atoms with Crippen molar-refractivity contribution >= 4 is 22.7 Å². The number of benzene rings is 1. The van der Waals surface area contributed by atoms with Gasteiger partial charge in [-0.1, -0.05) is 6.92 Å². The van der Waals surface area contributed by atoms with Crippen LogP contribution in [0.15, 0.2) is 27.8 Å². The van der Waals surface area contributed by atoms with Crippen molar-refractivity contribution in [3.8, 4) is 0 Å². The third-order valence-electron chi connectivity index (χ3n) is 2.96. The van der Waals surface area contributed by atoms with Gasteiger partial charge in [-0.3, -0.25) is 9.59 Å². The predicted molar refractivity (Wildman–Crippen MR) is 74.9 cm³/mol. The maximum Gasteiger partial charge on any atom is 0.328 e. The molecule has 0 aliphatic rings. The fourth-order valence-corrected chi connectivity index (χ4v) is 1.88. The highest BCUT2D eigenvalue weighted by Crippen LogP contribution is 2.15. The number of carbonyl (C=O) groups is 1. The number of hydrogen-bond acceptors (Lipinski definition) is 5. The predicted octanol–water partition coefficient (Wildman–Crippen LogP) is 0.580. The van der Waals surface area contributed by atoms with E-state index in [9.17, 15) is 14.4 Å². The molecule has 7 nitrogen and oxygen atoms in total. The second-order valence-corrected chi connectivity index (χ2v) is 4.30. The fraction of sp³-hybridized carbons (Fsp3) is 0.308. The van der Waals surface area contributed by atoms with E-state index in [0.29, 0.717) is 23.1 Å². The van der Waals surface area contributed by atoms with Gasteiger partial charge in [0, 0.05) is 5.69 Å². The first-order valence-electron chi connectivity index (χ1n) is 6.16. The summed E-state index contributed by atoms with van der Waals surface area (Å²) in [6, 6.07) is 4.55. The summed E-state index contributed by atoms with van der Waals surface area (Å²) in [5, 5.41) is 3.02. The Balaban J connectivity index is 2.36. The van der Waals surface area contributed by atoms with E-state index in [2.05, 4.69) is 15.3 Å². The SMILES string of the molecule is CCC(Nc1ccc2[nH]c(=O)c(=O)[nH]c2c1)C(=O)OC. The van der Waals surface area contributed by atoms with Crippen molar-refractivity contribution in [3.05, 3.63) is 38.9 Å². The van der Waals surface area contributed by atoms with Gasteiger partial charge in [0.25, 0.3) is 0 Å². The number of nitrogens with one attached hydrogen (secondary N) is 3. The van der Waals surface area contributed by atoms with E-state index in [-0.39, 0.29) is 5.97 Å². The standard InChI is InChI=1S/C13H15N3O4/c1-3-8(13(19)20-2)14-7-4-5-9-10(6-7)16-12(18)11(17)15-9/h4-6,8,14H,3H2,1-2H3,(H,15,17)(H,16,18). The van der Waals surface area contributed by atoms with Crippen LogP contribution in [0.25, 0.3) is 11.0 Å². The van der Waals surface area contributed by atoms with Crippen LogP contribution in [-0.2, 0) is 9.53 Å². The molecule has 7 heteroatoms. The highest BCUT2D eigenvalue weighted by Gasteiger charge is 2.16. The van der Waals surface area contributed by atoms with Crippen molar-refractivity contribution in [2.24, 2.45) is 0 Å². The van der Waals surface area contributed by atoms with Crippen molar-refractivity contribution in [1.29, 1.82) is 0 Å². The molecule has 1 unspecified atom stereocenters. The summed E-state index contributed by atoms with van der Waals surface area (Å²) in [4.78, 5) is 38.9. The van der Waals surface area contributed by atoms with Gasteiger partial charge in [-0.2, -0.15) is 0 Å². The molecular weight excluding hydrogens is 262 g/mol. The van der Waals surface area contributed by atoms with Crippen LogP contribution >= 0.6 is 0 Å². The molecule has 1 aromatic carbocycles. The normalized spacial score (nSPS) is 12.1. The van der Waals surface area contributed by atoms with Gasteiger partial charge in [-0.15, -0.1) is 0 Å². The van der Waals surface area contributed by atoms with E-state index in [0.717, 1.165) is 0 Å². The van der Waals surface area contributed by atoms with Gasteiger partial charge in [-0.05, 0) is 24.6 Å². The number of aromatic nitrogens is 2. The molecule has 0 aliphatic heterocycles. The number of ether oxygens (including phenoxy) is 1. The number of hydrogen-bond donors (Lipinski definition) is 3. The van der Waals surface area contributed by atoms with Crippen molar-refractivity contribution < 1.29 is 9.53 Å². The Morgan fingerprint density at radius 1 is 1.25 bits per heavy atom. The lowest BCUT2D eigenvalue weighted by Gasteiger charge is -2.15. The third-order valence-corrected chi connectivity index (χ3v) is 2.96. The molecule has 0 fully saturated rings. The molecule has 0 aliphatic carbocycles. The maximum absolute atomic E-state index is 11.5. The Labute approximate surface area is 114 Å². The quantitative estimate of drug-likeness (QED) is 0.560. The summed E-state index contributed by atoms with van der Waals surface area (Å²) in [5.41, 5.74) is 0.247. The Kier molecular flexibility index (Phi) is 3.88. The molecule has 1 aromatic heterocycles. The van der Waals surface area contributed by atoms with Crippen LogP contribution in [0.2, 0.25) is 0 Å². The first-order valence-corrected chi connectivity index (χ1v) is 6.16. The van der Waals surface area contributed by atoms with E-state index in [1.165, 1.54) is 7.11 Å². The number of carbonyl (C=O) groups excluding carboxylic acids is 1. The molecule has 20 heavy (non-hydrogen) atoms. The van der Waals surface area contributed by atoms with Gasteiger partial charge in [0.1, 0.15) is 6.04 Å². The largest absolute Gasteiger partial charge is 0.467 e. The number of H-pyrrole nitrogens is 2. The number of rotatable bonds is 4. The molecule has 0 saturated heterocycles. The summed E-state index contributed by atoms with van der Waals surface area (Å²) < 4.78 is 4.69. The van der Waals surface area contributed by atoms with E-state index >= 15 is 0 Å². The van der Waals surface area contributed by atoms with Gasteiger partial charge in [0.15, 0.2) is 0 Å². The number of anilines is 1. The van der Waals surface area contributed by atoms with Gasteiger partial charge in [0.05, 0.1) is 18.1 Å². The second kappa shape index (κ2) is 5.60. The van der Waals surface area contributed by atoms with Crippen molar-refractivity contribution in [2.75, 3.05) is 12.4 Å². The minimum Gasteiger partial charge on any atom is -0.467 e. The lowest BCUT2D eigenvalue weighted by atomic mass is 10.2. The molecule has 1 atom stereocenters. The summed E-state index contributed by atoms with van der Waals surface area (Å²) in [6.45, 7) is 1.86. The molecule has 0 radical (unpaired) electrons. The minimum atomic E-state index is -0.713. The van der Waals surface area contributed by atoms with Crippen LogP contribution < -0.4 is 16.4 Å². The first kappa shape index (κ1) is 13.9. The van der Waals surface area contributed by atoms with Gasteiger partial charge in [0.2, 0.25) is 0 Å². The Bertz CT molecular complexity index is 747. The maximum atomic E-state index is 11.5. The van der Waals surface area contributed by atoms with Crippen molar-refractivity contribution in [2.45, 2.75) is 19.4 Å². The topological polar surface area (TPSA) is 104 Å². The Morgan fingerprint density at radius 3 is 2.50 bits per heavy atom. The molecule has 0 amide bonds. The first-order chi connectivity index (χ1) is 9.55. The molecule has 0 bridgehead atoms. The summed E-state index contributed by atoms with van der Waals surface area (Å²) in [5.74, 6) is -0.359. The molecule has 0 saturated carbocycles. The molecular formula is C13H15N3O4. The van der Waals surface area contributed by atoms with E-state index in [1.807, 2.05) is 6.92 Å². The number of fused-ring (bicyclic) bond motifs is 1. The van der Waals surface area contributed by atoms with Crippen LogP contribution in [-0.4, -0.2) is 29.1 Å². The van der Waals surface area contributed by atoms with Crippen LogP contribution in [0.4, 0.5) is 5.69 Å². The van der Waals surface area contributed by atoms with E-state index in [1.54, 1.807) is 18.2 Å². The van der Waals surface area contributed by atoms with Crippen molar-refractivity contribution in [1.82, 2.24) is 9.97 Å². The van der Waals surface area contributed by atoms with E-state index in [4.69, 9.17) is 4.74 Å². The van der Waals surface area contributed by atoms with E-state index < -0.39 is 17.2 Å². The summed E-state index contributed by atoms with van der Waals surface area (Å²) >= 11 is 0. The summed E-state index contributed by atoms with van der Waals surface area (Å²) in [7, 11) is 1.33. The monoisotopic (exact) mass is 277 g/mol. The lowest BCUT2D eigenvalue weighted by molar-refractivity contribution is -0.141. The van der Waals surface area contributed by atoms with Gasteiger partial charge in [-0.25, -0.2) is 4.79 Å². The van der Waals surface area contributed by atoms with Crippen LogP contribution in [0.1, 0.15) is 13.3 Å². The average Bonchev–Trinajstić information content (AvgIpc) is 2.45. The number of esters is 1. The smallest absolute Gasteiger partial charge is 0.328 e. The van der Waals surface area contributed by atoms with Crippen LogP contribution in [0.5, 0.6) is 0 Å². The minimum absolute atomic E-state index is 0.359. The molecule has 0 spiro atoms. The third kappa shape index (κ3) is 2.71. The zero-order chi connectivity index (χ0) is 14.7. The molecule has 1 heterocycles. The van der Waals surface area contributed by atoms with Crippen LogP contribution in [0.3, 0.4) is 0 Å². The van der Waals surface area contributed by atoms with Crippen molar-refractivity contribution in [3.63, 3.8) is 0 Å². The number of methoxy groups -OCH3 is 1. The Morgan fingerprint density at radius 2 is 1.90 bits per heavy atom. The van der Waals surface area contributed by atoms with Crippen LogP contribution in [0, 0.1) is 0 Å². The zero-order valence-corrected chi connectivity index (χ0v) is 11.1. The molecule has 106 valence electrons. The fourth-order valence-electron chi connectivity index (χ4n) is 1.88. The number of aromatic amines is 2. The molecule has 2 aromatic rings. The molecule has 3 N–H and O–H groups in total. The average molecular weight is 277 g/mol. The van der Waals surface area contributed by atoms with Gasteiger partial charge >= 0.3 is 17.1 Å². The van der Waals surface area contributed by atoms with Gasteiger partial charge < -0.3 is 20.0 Å². The highest BCUT2D eigenvalue weighted by atomic mass is 16.5.